The van der Waals surface area contributed by atoms with Crippen LogP contribution in [0.2, 0.25) is 0 Å². The number of rotatable bonds is 0. The second-order valence-corrected chi connectivity index (χ2v) is 12.1. The molecule has 8 bridgehead atoms. The van der Waals surface area contributed by atoms with Crippen LogP contribution in [0.15, 0.2) is 0 Å². The van der Waals surface area contributed by atoms with Gasteiger partial charge in [-0.1, -0.05) is 0 Å². The van der Waals surface area contributed by atoms with Crippen molar-refractivity contribution in [1.29, 1.82) is 0 Å². The predicted octanol–water partition coefficient (Wildman–Crippen LogP) is -5.46. The minimum atomic E-state index is -0.172. The van der Waals surface area contributed by atoms with Crippen LogP contribution in [0.1, 0.15) is 32.1 Å². The van der Waals surface area contributed by atoms with Gasteiger partial charge in [-0.15, -0.1) is 0 Å². The van der Waals surface area contributed by atoms with E-state index >= 15 is 0 Å². The molecule has 5 fully saturated rings. The molecule has 1 heterocycles. The van der Waals surface area contributed by atoms with Gasteiger partial charge in [0.1, 0.15) is 19.3 Å². The molecule has 0 aromatic heterocycles. The van der Waals surface area contributed by atoms with Crippen LogP contribution < -0.4 is 67.1 Å². The molecular formula is C24H49N12+3. The zero-order chi connectivity index (χ0) is 25.7. The summed E-state index contributed by atoms with van der Waals surface area (Å²) >= 11 is 0. The Morgan fingerprint density at radius 3 is 0.833 bits per heavy atom. The van der Waals surface area contributed by atoms with Crippen molar-refractivity contribution < 1.29 is 0 Å². The lowest BCUT2D eigenvalue weighted by molar-refractivity contribution is 0.161. The third kappa shape index (κ3) is 5.46. The topological polar surface area (TPSA) is 256 Å². The molecule has 16 unspecified atom stereocenters. The average Bonchev–Trinajstić information content (AvgIpc) is 2.79. The molecule has 202 valence electrons. The molecule has 12 heteroatoms. The zero-order valence-electron chi connectivity index (χ0n) is 21.1. The van der Waals surface area contributed by atoms with E-state index in [0.717, 1.165) is 32.1 Å². The number of fused-ring (bicyclic) bond motifs is 8. The molecular weight excluding hydrogens is 456 g/mol. The van der Waals surface area contributed by atoms with Crippen LogP contribution in [0.25, 0.3) is 0 Å². The summed E-state index contributed by atoms with van der Waals surface area (Å²) in [5.41, 5.74) is 52.4. The Hall–Kier alpha value is -0.870. The first-order valence-electron chi connectivity index (χ1n) is 13.7. The van der Waals surface area contributed by atoms with E-state index in [1.807, 2.05) is 19.3 Å². The summed E-state index contributed by atoms with van der Waals surface area (Å²) in [7, 11) is 0. The molecule has 5 aliphatic rings. The van der Waals surface area contributed by atoms with Crippen molar-refractivity contribution in [3.8, 4) is 0 Å². The highest BCUT2D eigenvalue weighted by atomic mass is 15.1. The summed E-state index contributed by atoms with van der Waals surface area (Å²) in [6.07, 6.45) is 9.98. The molecule has 0 aromatic rings. The van der Waals surface area contributed by atoms with E-state index in [0.29, 0.717) is 0 Å². The Labute approximate surface area is 215 Å². The molecule has 16 atom stereocenters. The highest BCUT2D eigenvalue weighted by Gasteiger charge is 2.50. The van der Waals surface area contributed by atoms with Gasteiger partial charge in [0.05, 0.1) is 36.3 Å². The summed E-state index contributed by atoms with van der Waals surface area (Å²) in [5.74, 6) is 0. The first-order chi connectivity index (χ1) is 17.1. The van der Waals surface area contributed by atoms with Gasteiger partial charge in [-0.2, -0.15) is 0 Å². The lowest BCUT2D eigenvalue weighted by Gasteiger charge is -2.46. The van der Waals surface area contributed by atoms with Gasteiger partial charge in [-0.3, -0.25) is 34.4 Å². The van der Waals surface area contributed by atoms with Gasteiger partial charge in [0.15, 0.2) is 36.3 Å². The van der Waals surface area contributed by atoms with E-state index in [-0.39, 0.29) is 96.7 Å². The fourth-order valence-corrected chi connectivity index (χ4v) is 7.16. The molecule has 36 heavy (non-hydrogen) atoms. The third-order valence-electron chi connectivity index (χ3n) is 9.44. The molecule has 0 aromatic carbocycles. The van der Waals surface area contributed by atoms with Crippen molar-refractivity contribution in [3.63, 3.8) is 0 Å². The smallest absolute Gasteiger partial charge is 0.163 e. The van der Waals surface area contributed by atoms with E-state index in [2.05, 4.69) is 21.3 Å². The molecule has 0 amide bonds. The largest absolute Gasteiger partial charge is 0.326 e. The fraction of sp³-hybridized carbons (Fsp3) is 0.875. The molecule has 20 N–H and O–H groups in total. The number of nitrogens with two attached hydrogens (primary N) is 8. The molecule has 1 saturated heterocycles. The Kier molecular flexibility index (Phi) is 7.95. The van der Waals surface area contributed by atoms with Crippen molar-refractivity contribution in [2.24, 2.45) is 45.9 Å². The highest BCUT2D eigenvalue weighted by Crippen LogP contribution is 2.27. The van der Waals surface area contributed by atoms with Gasteiger partial charge < -0.3 is 32.7 Å². The van der Waals surface area contributed by atoms with E-state index in [1.54, 1.807) is 0 Å². The van der Waals surface area contributed by atoms with Gasteiger partial charge in [0.25, 0.3) is 0 Å². The first-order valence-corrected chi connectivity index (χ1v) is 13.7. The van der Waals surface area contributed by atoms with E-state index in [9.17, 15) is 0 Å². The fourth-order valence-electron chi connectivity index (χ4n) is 7.16. The van der Waals surface area contributed by atoms with Crippen LogP contribution in [0.3, 0.4) is 0 Å². The number of nitrogens with one attached hydrogen (secondary N) is 4. The summed E-state index contributed by atoms with van der Waals surface area (Å²) in [6.45, 7) is 0. The van der Waals surface area contributed by atoms with Gasteiger partial charge >= 0.3 is 0 Å². The van der Waals surface area contributed by atoms with Crippen molar-refractivity contribution in [1.82, 2.24) is 21.3 Å². The predicted molar refractivity (Wildman–Crippen MR) is 143 cm³/mol. The van der Waals surface area contributed by atoms with Crippen molar-refractivity contribution >= 4 is 0 Å². The van der Waals surface area contributed by atoms with Gasteiger partial charge in [0.2, 0.25) is 0 Å². The van der Waals surface area contributed by atoms with Crippen LogP contribution in [0.4, 0.5) is 0 Å². The summed E-state index contributed by atoms with van der Waals surface area (Å²) < 4.78 is 0. The Bertz CT molecular complexity index is 574. The zero-order valence-corrected chi connectivity index (χ0v) is 21.1. The molecule has 4 aliphatic carbocycles. The average molecular weight is 506 g/mol. The summed E-state index contributed by atoms with van der Waals surface area (Å²) in [4.78, 5) is 0. The number of hydrogen-bond donors (Lipinski definition) is 12. The van der Waals surface area contributed by atoms with E-state index in [4.69, 9.17) is 45.9 Å². The lowest BCUT2D eigenvalue weighted by Crippen LogP contribution is -2.72. The Balaban J connectivity index is 1.42. The first kappa shape index (κ1) is 26.7. The van der Waals surface area contributed by atoms with Crippen LogP contribution in [0.5, 0.6) is 0 Å². The van der Waals surface area contributed by atoms with Crippen molar-refractivity contribution in [2.45, 2.75) is 129 Å². The minimum Gasteiger partial charge on any atom is -0.326 e. The quantitative estimate of drug-likeness (QED) is 0.138. The highest BCUT2D eigenvalue weighted by molar-refractivity contribution is 5.16. The Morgan fingerprint density at radius 2 is 0.556 bits per heavy atom. The molecule has 0 spiro atoms. The monoisotopic (exact) mass is 505 g/mol. The maximum atomic E-state index is 6.59. The normalized spacial score (nSPS) is 56.0. The van der Waals surface area contributed by atoms with E-state index in [1.165, 1.54) is 0 Å². The molecule has 1 aliphatic heterocycles. The van der Waals surface area contributed by atoms with Gasteiger partial charge in [0, 0.05) is 24.2 Å². The third-order valence-corrected chi connectivity index (χ3v) is 9.44. The van der Waals surface area contributed by atoms with Crippen LogP contribution >= 0.6 is 0 Å². The summed E-state index contributed by atoms with van der Waals surface area (Å²) in [6, 6.07) is -0.687. The lowest BCUT2D eigenvalue weighted by atomic mass is 9.76. The molecule has 0 radical (unpaired) electrons. The second kappa shape index (κ2) is 10.7. The Morgan fingerprint density at radius 1 is 0.333 bits per heavy atom. The van der Waals surface area contributed by atoms with Crippen molar-refractivity contribution in [2.75, 3.05) is 0 Å². The standard InChI is InChI=1S/C24H49N12/c25-9-1-10(26)18-5-17(9)33-19-6-21(13(29)2-11(19)27)35-23-8-24(16(32)4-15(23)31)36-22-7-20(34-18)12(28)3-14(22)30/h1-3,9-24,33-36H,4-8,25-32H2/q+3. The summed E-state index contributed by atoms with van der Waals surface area (Å²) in [5, 5.41) is 15.1. The van der Waals surface area contributed by atoms with Gasteiger partial charge in [-0.25, -0.2) is 0 Å². The van der Waals surface area contributed by atoms with Crippen LogP contribution in [-0.2, 0) is 0 Å². The minimum absolute atomic E-state index is 0.0360. The van der Waals surface area contributed by atoms with E-state index < -0.39 is 0 Å². The second-order valence-electron chi connectivity index (χ2n) is 12.1. The maximum Gasteiger partial charge on any atom is 0.163 e. The maximum absolute atomic E-state index is 6.59. The van der Waals surface area contributed by atoms with Crippen LogP contribution in [0, 0.1) is 19.3 Å². The number of hydrogen-bond acceptors (Lipinski definition) is 12. The van der Waals surface area contributed by atoms with Crippen LogP contribution in [-0.4, -0.2) is 96.7 Å². The van der Waals surface area contributed by atoms with Crippen molar-refractivity contribution in [3.05, 3.63) is 19.3 Å². The SMILES string of the molecule is NC1[CH+]C(N)C2CC1NC1CC(NC3CC(NC4CC(N2)C(N)[CH+]C4N)C(N)CC3N)C(N)[CH+]C1N. The van der Waals surface area contributed by atoms with Gasteiger partial charge in [-0.05, 0) is 32.1 Å². The molecule has 12 nitrogen and oxygen atoms in total. The molecule has 4 saturated carbocycles. The molecule has 5 rings (SSSR count).